The number of hydrogen-bond donors (Lipinski definition) is 1. The van der Waals surface area contributed by atoms with E-state index in [9.17, 15) is 26.4 Å². The molecule has 1 fully saturated rings. The molecule has 1 saturated heterocycles. The van der Waals surface area contributed by atoms with Gasteiger partial charge in [0.2, 0.25) is 26.0 Å². The van der Waals surface area contributed by atoms with Gasteiger partial charge >= 0.3 is 0 Å². The normalized spacial score (nSPS) is 17.4. The van der Waals surface area contributed by atoms with Gasteiger partial charge in [-0.15, -0.1) is 6.58 Å². The second-order valence-electron chi connectivity index (χ2n) is 6.64. The minimum Gasteiger partial charge on any atom is -0.274 e. The molecular formula is C19H18BrN3O6S2. The highest BCUT2D eigenvalue weighted by Crippen LogP contribution is 2.30. The topological polar surface area (TPSA) is 135 Å². The molecule has 164 valence electrons. The predicted octanol–water partition coefficient (Wildman–Crippen LogP) is 1.61. The average Bonchev–Trinajstić information content (AvgIpc) is 2.99. The number of hydrogen-bond acceptors (Lipinski definition) is 6. The minimum absolute atomic E-state index is 0.0336. The first-order chi connectivity index (χ1) is 14.5. The zero-order valence-electron chi connectivity index (χ0n) is 16.0. The first-order valence-electron chi connectivity index (χ1n) is 8.85. The van der Waals surface area contributed by atoms with E-state index >= 15 is 0 Å². The number of halogens is 1. The van der Waals surface area contributed by atoms with E-state index in [1.54, 1.807) is 12.1 Å². The molecule has 0 spiro atoms. The number of anilines is 1. The van der Waals surface area contributed by atoms with Crippen LogP contribution in [0.3, 0.4) is 0 Å². The van der Waals surface area contributed by atoms with E-state index in [0.717, 1.165) is 9.21 Å². The molecule has 31 heavy (non-hydrogen) atoms. The van der Waals surface area contributed by atoms with Crippen LogP contribution in [0, 0.1) is 0 Å². The lowest BCUT2D eigenvalue weighted by molar-refractivity contribution is -0.122. The summed E-state index contributed by atoms with van der Waals surface area (Å²) in [4.78, 5) is 26.3. The number of imide groups is 1. The maximum atomic E-state index is 13.2. The Morgan fingerprint density at radius 1 is 1.03 bits per heavy atom. The van der Waals surface area contributed by atoms with Crippen molar-refractivity contribution in [3.05, 3.63) is 65.7 Å². The molecule has 1 atom stereocenters. The number of benzene rings is 2. The number of nitrogens with two attached hydrogens (primary N) is 1. The maximum Gasteiger partial charge on any atom is 0.252 e. The molecule has 12 heteroatoms. The Bertz CT molecular complexity index is 1240. The Labute approximate surface area is 188 Å². The summed E-state index contributed by atoms with van der Waals surface area (Å²) < 4.78 is 50.8. The van der Waals surface area contributed by atoms with Crippen LogP contribution in [0.4, 0.5) is 5.69 Å². The molecule has 2 amide bonds. The molecule has 1 aliphatic heterocycles. The van der Waals surface area contributed by atoms with Crippen LogP contribution in [0.25, 0.3) is 0 Å². The molecule has 1 aliphatic rings. The number of rotatable bonds is 7. The van der Waals surface area contributed by atoms with Crippen LogP contribution >= 0.6 is 15.9 Å². The molecule has 0 radical (unpaired) electrons. The zero-order chi connectivity index (χ0) is 23.0. The van der Waals surface area contributed by atoms with E-state index in [2.05, 4.69) is 22.5 Å². The van der Waals surface area contributed by atoms with Crippen molar-refractivity contribution >= 4 is 53.5 Å². The van der Waals surface area contributed by atoms with Crippen LogP contribution in [-0.4, -0.2) is 45.5 Å². The van der Waals surface area contributed by atoms with Gasteiger partial charge in [0.15, 0.2) is 0 Å². The number of sulfonamides is 2. The van der Waals surface area contributed by atoms with E-state index in [0.29, 0.717) is 4.47 Å². The van der Waals surface area contributed by atoms with Crippen molar-refractivity contribution in [3.8, 4) is 0 Å². The van der Waals surface area contributed by atoms with E-state index in [1.807, 2.05) is 0 Å². The SMILES string of the molecule is C=CCN(C1CC(=O)N(c2ccc(S(N)(=O)=O)cc2)C1=O)S(=O)(=O)c1ccc(Br)cc1. The standard InChI is InChI=1S/C19H18BrN3O6S2/c1-2-11-22(31(28,29)16-7-3-13(20)4-8-16)17-12-18(24)23(19(17)25)14-5-9-15(10-6-14)30(21,26)27/h2-10,17H,1,11-12H2,(H2,21,26,27). The van der Waals surface area contributed by atoms with Crippen molar-refractivity contribution in [1.29, 1.82) is 0 Å². The van der Waals surface area contributed by atoms with Crippen molar-refractivity contribution < 1.29 is 26.4 Å². The third-order valence-electron chi connectivity index (χ3n) is 4.62. The fraction of sp³-hybridized carbons (Fsp3) is 0.158. The van der Waals surface area contributed by atoms with Crippen molar-refractivity contribution in [1.82, 2.24) is 4.31 Å². The summed E-state index contributed by atoms with van der Waals surface area (Å²) >= 11 is 3.24. The Balaban J connectivity index is 1.96. The number of nitrogens with zero attached hydrogens (tertiary/aromatic N) is 2. The highest BCUT2D eigenvalue weighted by atomic mass is 79.9. The van der Waals surface area contributed by atoms with Crippen molar-refractivity contribution in [2.75, 3.05) is 11.4 Å². The average molecular weight is 528 g/mol. The number of amides is 2. The second-order valence-corrected chi connectivity index (χ2v) is 11.0. The van der Waals surface area contributed by atoms with Gasteiger partial charge in [0.25, 0.3) is 5.91 Å². The fourth-order valence-electron chi connectivity index (χ4n) is 3.16. The molecule has 2 aromatic carbocycles. The van der Waals surface area contributed by atoms with E-state index < -0.39 is 37.9 Å². The van der Waals surface area contributed by atoms with E-state index in [4.69, 9.17) is 5.14 Å². The Hall–Kier alpha value is -2.38. The molecule has 2 aromatic rings. The van der Waals surface area contributed by atoms with E-state index in [-0.39, 0.29) is 28.4 Å². The molecule has 0 bridgehead atoms. The van der Waals surface area contributed by atoms with Crippen LogP contribution in [0.2, 0.25) is 0 Å². The van der Waals surface area contributed by atoms with Crippen molar-refractivity contribution in [2.24, 2.45) is 5.14 Å². The lowest BCUT2D eigenvalue weighted by Crippen LogP contribution is -2.45. The lowest BCUT2D eigenvalue weighted by Gasteiger charge is -2.25. The molecule has 9 nitrogen and oxygen atoms in total. The maximum absolute atomic E-state index is 13.2. The van der Waals surface area contributed by atoms with Gasteiger partial charge in [0.05, 0.1) is 21.9 Å². The summed E-state index contributed by atoms with van der Waals surface area (Å²) in [6, 6.07) is 9.48. The summed E-state index contributed by atoms with van der Waals surface area (Å²) in [5.41, 5.74) is 0.115. The highest BCUT2D eigenvalue weighted by molar-refractivity contribution is 9.10. The van der Waals surface area contributed by atoms with Gasteiger partial charge in [0.1, 0.15) is 6.04 Å². The largest absolute Gasteiger partial charge is 0.274 e. The molecule has 2 N–H and O–H groups in total. The third kappa shape index (κ3) is 4.62. The van der Waals surface area contributed by atoms with Gasteiger partial charge in [-0.05, 0) is 48.5 Å². The summed E-state index contributed by atoms with van der Waals surface area (Å²) in [5, 5.41) is 5.06. The fourth-order valence-corrected chi connectivity index (χ4v) is 5.49. The third-order valence-corrected chi connectivity index (χ3v) is 7.97. The predicted molar refractivity (Wildman–Crippen MR) is 117 cm³/mol. The first-order valence-corrected chi connectivity index (χ1v) is 12.6. The Kier molecular flexibility index (Phi) is 6.48. The van der Waals surface area contributed by atoms with Crippen molar-refractivity contribution in [3.63, 3.8) is 0 Å². The molecule has 1 heterocycles. The van der Waals surface area contributed by atoms with Crippen LogP contribution in [-0.2, 0) is 29.6 Å². The highest BCUT2D eigenvalue weighted by Gasteiger charge is 2.46. The van der Waals surface area contributed by atoms with Gasteiger partial charge in [-0.2, -0.15) is 4.31 Å². The summed E-state index contributed by atoms with van der Waals surface area (Å²) in [5.74, 6) is -1.35. The minimum atomic E-state index is -4.11. The second kappa shape index (κ2) is 8.63. The smallest absolute Gasteiger partial charge is 0.252 e. The van der Waals surface area contributed by atoms with Crippen molar-refractivity contribution in [2.45, 2.75) is 22.3 Å². The first kappa shape index (κ1) is 23.3. The molecule has 3 rings (SSSR count). The zero-order valence-corrected chi connectivity index (χ0v) is 19.2. The Morgan fingerprint density at radius 2 is 1.58 bits per heavy atom. The quantitative estimate of drug-likeness (QED) is 0.429. The monoisotopic (exact) mass is 527 g/mol. The Morgan fingerprint density at radius 3 is 2.10 bits per heavy atom. The van der Waals surface area contributed by atoms with Gasteiger partial charge in [-0.3, -0.25) is 9.59 Å². The van der Waals surface area contributed by atoms with Gasteiger partial charge < -0.3 is 0 Å². The lowest BCUT2D eigenvalue weighted by atomic mass is 10.2. The molecule has 0 aromatic heterocycles. The number of carbonyl (C=O) groups is 2. The van der Waals surface area contributed by atoms with Crippen LogP contribution in [0.1, 0.15) is 6.42 Å². The van der Waals surface area contributed by atoms with Crippen LogP contribution in [0.5, 0.6) is 0 Å². The van der Waals surface area contributed by atoms with E-state index in [1.165, 1.54) is 42.5 Å². The number of carbonyl (C=O) groups excluding carboxylic acids is 2. The molecule has 1 unspecified atom stereocenters. The molecule has 0 aliphatic carbocycles. The molecular weight excluding hydrogens is 510 g/mol. The summed E-state index contributed by atoms with van der Waals surface area (Å²) in [6.45, 7) is 3.37. The van der Waals surface area contributed by atoms with Gasteiger partial charge in [-0.25, -0.2) is 26.9 Å². The summed E-state index contributed by atoms with van der Waals surface area (Å²) in [7, 11) is -8.05. The molecule has 0 saturated carbocycles. The summed E-state index contributed by atoms with van der Waals surface area (Å²) in [6.07, 6.45) is 0.969. The van der Waals surface area contributed by atoms with Crippen LogP contribution in [0.15, 0.2) is 75.4 Å². The van der Waals surface area contributed by atoms with Gasteiger partial charge in [0, 0.05) is 11.0 Å². The van der Waals surface area contributed by atoms with Gasteiger partial charge in [-0.1, -0.05) is 22.0 Å². The number of primary sulfonamides is 1. The van der Waals surface area contributed by atoms with Crippen LogP contribution < -0.4 is 10.0 Å².